The van der Waals surface area contributed by atoms with Gasteiger partial charge in [-0.2, -0.15) is 0 Å². The maximum absolute atomic E-state index is 6.04. The van der Waals surface area contributed by atoms with Gasteiger partial charge in [-0.1, -0.05) is 36.6 Å². The number of nitrogens with one attached hydrogen (secondary N) is 1. The molecule has 0 spiro atoms. The van der Waals surface area contributed by atoms with E-state index in [-0.39, 0.29) is 0 Å². The Morgan fingerprint density at radius 2 is 1.81 bits per heavy atom. The van der Waals surface area contributed by atoms with Crippen LogP contribution in [0.4, 0.5) is 0 Å². The van der Waals surface area contributed by atoms with Crippen molar-refractivity contribution in [2.24, 2.45) is 0 Å². The Morgan fingerprint density at radius 3 is 2.50 bits per heavy atom. The molecule has 1 aliphatic rings. The second kappa shape index (κ2) is 9.63. The standard InChI is InChI=1S/C21H25BrClNO2/c1-2-25-20-12-16(13-24-18-5-3-4-6-18)11-19(22)21(20)26-14-15-7-9-17(23)10-8-15/h7-12,18,24H,2-6,13-14H2,1H3. The first-order chi connectivity index (χ1) is 12.7. The highest BCUT2D eigenvalue weighted by Gasteiger charge is 2.16. The van der Waals surface area contributed by atoms with Crippen LogP contribution in [0.2, 0.25) is 5.02 Å². The summed E-state index contributed by atoms with van der Waals surface area (Å²) in [7, 11) is 0. The van der Waals surface area contributed by atoms with Crippen molar-refractivity contribution in [1.82, 2.24) is 5.32 Å². The Balaban J connectivity index is 1.69. The van der Waals surface area contributed by atoms with Crippen molar-refractivity contribution in [1.29, 1.82) is 0 Å². The molecule has 26 heavy (non-hydrogen) atoms. The van der Waals surface area contributed by atoms with Gasteiger partial charge in [0, 0.05) is 17.6 Å². The summed E-state index contributed by atoms with van der Waals surface area (Å²) in [4.78, 5) is 0. The van der Waals surface area contributed by atoms with E-state index in [2.05, 4.69) is 33.4 Å². The van der Waals surface area contributed by atoms with Gasteiger partial charge in [0.15, 0.2) is 11.5 Å². The lowest BCUT2D eigenvalue weighted by Gasteiger charge is -2.17. The van der Waals surface area contributed by atoms with Crippen LogP contribution in [0.3, 0.4) is 0 Å². The van der Waals surface area contributed by atoms with Crippen LogP contribution >= 0.6 is 27.5 Å². The van der Waals surface area contributed by atoms with E-state index in [1.807, 2.05) is 31.2 Å². The molecule has 1 aliphatic carbocycles. The summed E-state index contributed by atoms with van der Waals surface area (Å²) in [6.07, 6.45) is 5.23. The average molecular weight is 439 g/mol. The quantitative estimate of drug-likeness (QED) is 0.539. The Labute approximate surface area is 169 Å². The van der Waals surface area contributed by atoms with E-state index < -0.39 is 0 Å². The van der Waals surface area contributed by atoms with Crippen LogP contribution in [0.15, 0.2) is 40.9 Å². The molecule has 0 amide bonds. The maximum atomic E-state index is 6.04. The third kappa shape index (κ3) is 5.38. The molecule has 140 valence electrons. The highest BCUT2D eigenvalue weighted by Crippen LogP contribution is 2.37. The second-order valence-electron chi connectivity index (χ2n) is 6.62. The molecule has 3 rings (SSSR count). The Hall–Kier alpha value is -1.23. The fraction of sp³-hybridized carbons (Fsp3) is 0.429. The molecule has 1 fully saturated rings. The van der Waals surface area contributed by atoms with Gasteiger partial charge in [0.1, 0.15) is 6.61 Å². The minimum Gasteiger partial charge on any atom is -0.490 e. The third-order valence-electron chi connectivity index (χ3n) is 4.62. The predicted molar refractivity (Wildman–Crippen MR) is 110 cm³/mol. The van der Waals surface area contributed by atoms with E-state index in [9.17, 15) is 0 Å². The summed E-state index contributed by atoms with van der Waals surface area (Å²) in [5.41, 5.74) is 2.27. The van der Waals surface area contributed by atoms with Gasteiger partial charge in [-0.15, -0.1) is 0 Å². The van der Waals surface area contributed by atoms with E-state index in [1.54, 1.807) is 0 Å². The van der Waals surface area contributed by atoms with E-state index in [0.29, 0.717) is 19.3 Å². The highest BCUT2D eigenvalue weighted by atomic mass is 79.9. The van der Waals surface area contributed by atoms with Gasteiger partial charge in [0.05, 0.1) is 11.1 Å². The van der Waals surface area contributed by atoms with Gasteiger partial charge in [0.25, 0.3) is 0 Å². The van der Waals surface area contributed by atoms with E-state index >= 15 is 0 Å². The fourth-order valence-electron chi connectivity index (χ4n) is 3.25. The monoisotopic (exact) mass is 437 g/mol. The molecule has 2 aromatic carbocycles. The Kier molecular flexibility index (Phi) is 7.23. The van der Waals surface area contributed by atoms with Crippen LogP contribution in [-0.4, -0.2) is 12.6 Å². The zero-order valence-corrected chi connectivity index (χ0v) is 17.4. The summed E-state index contributed by atoms with van der Waals surface area (Å²) in [5.74, 6) is 1.52. The smallest absolute Gasteiger partial charge is 0.175 e. The first kappa shape index (κ1) is 19.5. The number of ether oxygens (including phenoxy) is 2. The summed E-state index contributed by atoms with van der Waals surface area (Å²) >= 11 is 9.59. The number of benzene rings is 2. The minimum atomic E-state index is 0.468. The molecule has 0 atom stereocenters. The summed E-state index contributed by atoms with van der Waals surface area (Å²) in [6, 6.07) is 12.5. The Morgan fingerprint density at radius 1 is 1.08 bits per heavy atom. The molecule has 2 aromatic rings. The molecule has 1 N–H and O–H groups in total. The zero-order valence-electron chi connectivity index (χ0n) is 15.1. The SMILES string of the molecule is CCOc1cc(CNC2CCCC2)cc(Br)c1OCc1ccc(Cl)cc1. The van der Waals surface area contributed by atoms with Crippen molar-refractivity contribution >= 4 is 27.5 Å². The maximum Gasteiger partial charge on any atom is 0.175 e. The molecular weight excluding hydrogens is 414 g/mol. The molecule has 5 heteroatoms. The molecule has 0 heterocycles. The zero-order chi connectivity index (χ0) is 18.4. The molecule has 0 unspecified atom stereocenters. The molecule has 0 bridgehead atoms. The number of rotatable bonds is 8. The third-order valence-corrected chi connectivity index (χ3v) is 5.46. The number of halogens is 2. The second-order valence-corrected chi connectivity index (χ2v) is 7.91. The highest BCUT2D eigenvalue weighted by molar-refractivity contribution is 9.10. The lowest BCUT2D eigenvalue weighted by molar-refractivity contribution is 0.267. The van der Waals surface area contributed by atoms with Crippen molar-refractivity contribution in [3.05, 3.63) is 57.0 Å². The largest absolute Gasteiger partial charge is 0.490 e. The van der Waals surface area contributed by atoms with E-state index in [1.165, 1.54) is 31.2 Å². The fourth-order valence-corrected chi connectivity index (χ4v) is 3.98. The molecule has 0 aliphatic heterocycles. The molecule has 1 saturated carbocycles. The molecular formula is C21H25BrClNO2. The van der Waals surface area contributed by atoms with Crippen LogP contribution in [0.5, 0.6) is 11.5 Å². The lowest BCUT2D eigenvalue weighted by Crippen LogP contribution is -2.25. The van der Waals surface area contributed by atoms with Crippen LogP contribution in [-0.2, 0) is 13.2 Å². The van der Waals surface area contributed by atoms with Gasteiger partial charge >= 0.3 is 0 Å². The van der Waals surface area contributed by atoms with Gasteiger partial charge in [0.2, 0.25) is 0 Å². The van der Waals surface area contributed by atoms with Crippen molar-refractivity contribution in [2.45, 2.75) is 51.8 Å². The molecule has 0 radical (unpaired) electrons. The van der Waals surface area contributed by atoms with Crippen LogP contribution in [0.25, 0.3) is 0 Å². The van der Waals surface area contributed by atoms with E-state index in [4.69, 9.17) is 21.1 Å². The van der Waals surface area contributed by atoms with Crippen LogP contribution < -0.4 is 14.8 Å². The van der Waals surface area contributed by atoms with Crippen LogP contribution in [0, 0.1) is 0 Å². The van der Waals surface area contributed by atoms with Crippen LogP contribution in [0.1, 0.15) is 43.7 Å². The van der Waals surface area contributed by atoms with Gasteiger partial charge in [-0.05, 0) is 71.1 Å². The number of hydrogen-bond donors (Lipinski definition) is 1. The van der Waals surface area contributed by atoms with Gasteiger partial charge < -0.3 is 14.8 Å². The predicted octanol–water partition coefficient (Wildman–Crippen LogP) is 6.11. The van der Waals surface area contributed by atoms with Crippen molar-refractivity contribution < 1.29 is 9.47 Å². The van der Waals surface area contributed by atoms with Crippen molar-refractivity contribution in [3.63, 3.8) is 0 Å². The lowest BCUT2D eigenvalue weighted by atomic mass is 10.1. The first-order valence-electron chi connectivity index (χ1n) is 9.21. The molecule has 0 saturated heterocycles. The molecule has 0 aromatic heterocycles. The number of hydrogen-bond acceptors (Lipinski definition) is 3. The topological polar surface area (TPSA) is 30.5 Å². The normalized spacial score (nSPS) is 14.6. The van der Waals surface area contributed by atoms with Crippen molar-refractivity contribution in [3.8, 4) is 11.5 Å². The molecule has 3 nitrogen and oxygen atoms in total. The summed E-state index contributed by atoms with van der Waals surface area (Å²) < 4.78 is 12.8. The first-order valence-corrected chi connectivity index (χ1v) is 10.4. The average Bonchev–Trinajstić information content (AvgIpc) is 3.14. The van der Waals surface area contributed by atoms with Gasteiger partial charge in [-0.25, -0.2) is 0 Å². The minimum absolute atomic E-state index is 0.468. The van der Waals surface area contributed by atoms with Gasteiger partial charge in [-0.3, -0.25) is 0 Å². The summed E-state index contributed by atoms with van der Waals surface area (Å²) in [6.45, 7) is 3.90. The van der Waals surface area contributed by atoms with Crippen molar-refractivity contribution in [2.75, 3.05) is 6.61 Å². The van der Waals surface area contributed by atoms with E-state index in [0.717, 1.165) is 33.1 Å². The Bertz CT molecular complexity index is 715. The summed E-state index contributed by atoms with van der Waals surface area (Å²) in [5, 5.41) is 4.37.